The van der Waals surface area contributed by atoms with Crippen molar-refractivity contribution in [2.75, 3.05) is 45.6 Å². The van der Waals surface area contributed by atoms with Gasteiger partial charge in [0.05, 0.1) is 12.2 Å². The highest BCUT2D eigenvalue weighted by Gasteiger charge is 2.35. The molecule has 0 saturated carbocycles. The molecule has 3 rings (SSSR count). The molecule has 1 aromatic carbocycles. The minimum atomic E-state index is 0.292. The van der Waals surface area contributed by atoms with E-state index in [2.05, 4.69) is 54.2 Å². The van der Waals surface area contributed by atoms with Crippen LogP contribution in [0.1, 0.15) is 19.4 Å². The molecular weight excluding hydrogens is 332 g/mol. The molecule has 2 saturated heterocycles. The summed E-state index contributed by atoms with van der Waals surface area (Å²) in [5.41, 5.74) is 1.40. The van der Waals surface area contributed by atoms with Gasteiger partial charge in [-0.05, 0) is 43.6 Å². The number of hydrogen-bond donors (Lipinski definition) is 1. The van der Waals surface area contributed by atoms with Crippen LogP contribution in [0, 0.1) is 11.8 Å². The number of thioether (sulfide) groups is 1. The Morgan fingerprint density at radius 1 is 1.04 bits per heavy atom. The molecule has 0 aromatic heterocycles. The van der Waals surface area contributed by atoms with Crippen molar-refractivity contribution in [1.29, 1.82) is 0 Å². The van der Waals surface area contributed by atoms with Crippen molar-refractivity contribution < 1.29 is 9.84 Å². The van der Waals surface area contributed by atoms with Crippen LogP contribution in [0.5, 0.6) is 0 Å². The number of likely N-dealkylation sites (tertiary alicyclic amines) is 1. The van der Waals surface area contributed by atoms with Crippen LogP contribution < -0.4 is 0 Å². The maximum Gasteiger partial charge on any atom is 0.0678 e. The number of nitrogens with zero attached hydrogens (tertiary/aromatic N) is 2. The lowest BCUT2D eigenvalue weighted by Crippen LogP contribution is -2.48. The summed E-state index contributed by atoms with van der Waals surface area (Å²) in [6.07, 6.45) is 2.76. The second kappa shape index (κ2) is 8.87. The largest absolute Gasteiger partial charge is 0.396 e. The number of aliphatic hydroxyl groups excluding tert-OH is 1. The predicted octanol–water partition coefficient (Wildman–Crippen LogP) is 2.56. The summed E-state index contributed by atoms with van der Waals surface area (Å²) in [5, 5.41) is 9.88. The Bertz CT molecular complexity index is 546. The van der Waals surface area contributed by atoms with Gasteiger partial charge >= 0.3 is 0 Å². The first-order valence-electron chi connectivity index (χ1n) is 9.42. The molecule has 5 heteroatoms. The first-order chi connectivity index (χ1) is 12.1. The predicted molar refractivity (Wildman–Crippen MR) is 104 cm³/mol. The summed E-state index contributed by atoms with van der Waals surface area (Å²) in [7, 11) is 0. The number of hydrogen-bond acceptors (Lipinski definition) is 5. The van der Waals surface area contributed by atoms with E-state index >= 15 is 0 Å². The van der Waals surface area contributed by atoms with Crippen LogP contribution in [0.3, 0.4) is 0 Å². The lowest BCUT2D eigenvalue weighted by atomic mass is 9.96. The maximum atomic E-state index is 9.88. The summed E-state index contributed by atoms with van der Waals surface area (Å²) in [5.74, 6) is 0.929. The zero-order valence-corrected chi connectivity index (χ0v) is 16.5. The van der Waals surface area contributed by atoms with Gasteiger partial charge in [0.15, 0.2) is 0 Å². The van der Waals surface area contributed by atoms with Crippen molar-refractivity contribution in [3.8, 4) is 0 Å². The van der Waals surface area contributed by atoms with E-state index in [1.807, 2.05) is 11.8 Å². The Morgan fingerprint density at radius 3 is 2.40 bits per heavy atom. The van der Waals surface area contributed by atoms with Crippen LogP contribution in [-0.4, -0.2) is 72.7 Å². The zero-order chi connectivity index (χ0) is 17.8. The van der Waals surface area contributed by atoms with Gasteiger partial charge in [-0.25, -0.2) is 0 Å². The van der Waals surface area contributed by atoms with Crippen LogP contribution >= 0.6 is 11.8 Å². The van der Waals surface area contributed by atoms with E-state index in [0.29, 0.717) is 30.7 Å². The average molecular weight is 365 g/mol. The summed E-state index contributed by atoms with van der Waals surface area (Å²) < 4.78 is 5.86. The Hall–Kier alpha value is -0.590. The molecule has 25 heavy (non-hydrogen) atoms. The molecule has 0 unspecified atom stereocenters. The van der Waals surface area contributed by atoms with Crippen LogP contribution in [0.25, 0.3) is 0 Å². The van der Waals surface area contributed by atoms with Crippen molar-refractivity contribution in [1.82, 2.24) is 9.80 Å². The maximum absolute atomic E-state index is 9.88. The summed E-state index contributed by atoms with van der Waals surface area (Å²) in [6, 6.07) is 8.67. The SMILES string of the molecule is CSc1ccccc1CN1C[C@H](CO)[C@H](CN2C[C@@H](C)O[C@@H](C)C2)C1. The third-order valence-corrected chi connectivity index (χ3v) is 6.30. The Morgan fingerprint density at radius 2 is 1.72 bits per heavy atom. The van der Waals surface area contributed by atoms with Crippen LogP contribution in [0.2, 0.25) is 0 Å². The molecule has 0 aliphatic carbocycles. The molecule has 4 atom stereocenters. The van der Waals surface area contributed by atoms with E-state index in [4.69, 9.17) is 4.74 Å². The summed E-state index contributed by atoms with van der Waals surface area (Å²) in [6.45, 7) is 10.8. The third kappa shape index (κ3) is 4.98. The molecule has 1 N–H and O–H groups in total. The average Bonchev–Trinajstić information content (AvgIpc) is 2.95. The second-order valence-electron chi connectivity index (χ2n) is 7.68. The highest BCUT2D eigenvalue weighted by molar-refractivity contribution is 7.98. The molecule has 2 aliphatic heterocycles. The van der Waals surface area contributed by atoms with Crippen LogP contribution in [0.15, 0.2) is 29.2 Å². The minimum Gasteiger partial charge on any atom is -0.396 e. The normalized spacial score (nSPS) is 31.5. The number of rotatable bonds is 6. The van der Waals surface area contributed by atoms with Crippen molar-refractivity contribution >= 4 is 11.8 Å². The first kappa shape index (κ1) is 19.2. The standard InChI is InChI=1S/C20H32N2O2S/c1-15-8-21(9-16(2)24-15)11-18-12-22(13-19(18)14-23)10-17-6-4-5-7-20(17)25-3/h4-7,15-16,18-19,23H,8-14H2,1-3H3/t15-,16+,18-,19-/m1/s1. The molecule has 1 aromatic rings. The van der Waals surface area contributed by atoms with E-state index in [0.717, 1.165) is 39.3 Å². The Kier molecular flexibility index (Phi) is 6.80. The fraction of sp³-hybridized carbons (Fsp3) is 0.700. The third-order valence-electron chi connectivity index (χ3n) is 5.46. The quantitative estimate of drug-likeness (QED) is 0.785. The van der Waals surface area contributed by atoms with Gasteiger partial charge < -0.3 is 9.84 Å². The Labute approximate surface area is 156 Å². The number of benzene rings is 1. The lowest BCUT2D eigenvalue weighted by Gasteiger charge is -2.37. The molecule has 0 bridgehead atoms. The summed E-state index contributed by atoms with van der Waals surface area (Å²) in [4.78, 5) is 6.42. The van der Waals surface area contributed by atoms with Crippen molar-refractivity contribution in [3.63, 3.8) is 0 Å². The summed E-state index contributed by atoms with van der Waals surface area (Å²) >= 11 is 1.82. The zero-order valence-electron chi connectivity index (χ0n) is 15.7. The van der Waals surface area contributed by atoms with Gasteiger partial charge in [0.25, 0.3) is 0 Å². The van der Waals surface area contributed by atoms with Gasteiger partial charge in [0.1, 0.15) is 0 Å². The van der Waals surface area contributed by atoms with Crippen LogP contribution in [-0.2, 0) is 11.3 Å². The van der Waals surface area contributed by atoms with Gasteiger partial charge in [0.2, 0.25) is 0 Å². The van der Waals surface area contributed by atoms with Gasteiger partial charge in [-0.2, -0.15) is 0 Å². The molecule has 140 valence electrons. The van der Waals surface area contributed by atoms with Crippen LogP contribution in [0.4, 0.5) is 0 Å². The molecule has 2 aliphatic rings. The molecule has 0 spiro atoms. The highest BCUT2D eigenvalue weighted by Crippen LogP contribution is 2.29. The van der Waals surface area contributed by atoms with E-state index in [1.165, 1.54) is 10.5 Å². The molecule has 2 heterocycles. The van der Waals surface area contributed by atoms with E-state index in [1.54, 1.807) is 0 Å². The first-order valence-corrected chi connectivity index (χ1v) is 10.6. The second-order valence-corrected chi connectivity index (χ2v) is 8.53. The van der Waals surface area contributed by atoms with Gasteiger partial charge in [-0.3, -0.25) is 9.80 Å². The van der Waals surface area contributed by atoms with Crippen molar-refractivity contribution in [2.45, 2.75) is 37.5 Å². The highest BCUT2D eigenvalue weighted by atomic mass is 32.2. The van der Waals surface area contributed by atoms with E-state index in [-0.39, 0.29) is 0 Å². The molecule has 2 fully saturated rings. The van der Waals surface area contributed by atoms with Gasteiger partial charge in [-0.15, -0.1) is 11.8 Å². The van der Waals surface area contributed by atoms with E-state index < -0.39 is 0 Å². The fourth-order valence-corrected chi connectivity index (χ4v) is 5.03. The smallest absolute Gasteiger partial charge is 0.0678 e. The molecular formula is C20H32N2O2S. The van der Waals surface area contributed by atoms with Crippen molar-refractivity contribution in [2.24, 2.45) is 11.8 Å². The molecule has 0 amide bonds. The lowest BCUT2D eigenvalue weighted by molar-refractivity contribution is -0.0727. The fourth-order valence-electron chi connectivity index (χ4n) is 4.42. The molecule has 4 nitrogen and oxygen atoms in total. The van der Waals surface area contributed by atoms with Crippen molar-refractivity contribution in [3.05, 3.63) is 29.8 Å². The van der Waals surface area contributed by atoms with Gasteiger partial charge in [-0.1, -0.05) is 18.2 Å². The minimum absolute atomic E-state index is 0.292. The number of aliphatic hydroxyl groups is 1. The van der Waals surface area contributed by atoms with E-state index in [9.17, 15) is 5.11 Å². The monoisotopic (exact) mass is 364 g/mol. The number of ether oxygens (including phenoxy) is 1. The topological polar surface area (TPSA) is 35.9 Å². The number of morpholine rings is 1. The van der Waals surface area contributed by atoms with Gasteiger partial charge in [0, 0.05) is 50.8 Å². The molecule has 0 radical (unpaired) electrons. The Balaban J connectivity index is 1.60.